The average Bonchev–Trinajstić information content (AvgIpc) is 2.84. The topological polar surface area (TPSA) is 74.5 Å². The summed E-state index contributed by atoms with van der Waals surface area (Å²) in [6, 6.07) is 10.9. The highest BCUT2D eigenvalue weighted by molar-refractivity contribution is 5.76. The zero-order valence-electron chi connectivity index (χ0n) is 9.29. The molecule has 0 aliphatic heterocycles. The van der Waals surface area contributed by atoms with Crippen LogP contribution in [0.25, 0.3) is 16.7 Å². The van der Waals surface area contributed by atoms with Gasteiger partial charge in [-0.3, -0.25) is 4.79 Å². The monoisotopic (exact) mass is 236 g/mol. The summed E-state index contributed by atoms with van der Waals surface area (Å²) in [5.41, 5.74) is 1.90. The molecule has 0 saturated carbocycles. The van der Waals surface area contributed by atoms with Crippen LogP contribution >= 0.6 is 0 Å². The summed E-state index contributed by atoms with van der Waals surface area (Å²) in [7, 11) is 0. The number of hydrogen-bond donors (Lipinski definition) is 1. The van der Waals surface area contributed by atoms with Gasteiger partial charge in [-0.05, 0) is 30.3 Å². The summed E-state index contributed by atoms with van der Waals surface area (Å²) in [6.45, 7) is 0. The molecule has 0 unspecified atom stereocenters. The highest BCUT2D eigenvalue weighted by Gasteiger charge is 2.06. The molecule has 0 fully saturated rings. The molecule has 0 aliphatic carbocycles. The zero-order chi connectivity index (χ0) is 12.5. The van der Waals surface area contributed by atoms with Crippen molar-refractivity contribution in [3.63, 3.8) is 0 Å². The normalized spacial score (nSPS) is 10.4. The highest BCUT2D eigenvalue weighted by Crippen LogP contribution is 2.15. The first-order valence-electron chi connectivity index (χ1n) is 5.35. The van der Waals surface area contributed by atoms with Crippen LogP contribution in [0.15, 0.2) is 47.7 Å². The van der Waals surface area contributed by atoms with Crippen molar-refractivity contribution < 1.29 is 0 Å². The molecule has 86 valence electrons. The summed E-state index contributed by atoms with van der Waals surface area (Å²) >= 11 is 0. The molecule has 1 N–H and O–H groups in total. The molecule has 3 rings (SSSR count). The van der Waals surface area contributed by atoms with E-state index in [4.69, 9.17) is 5.26 Å². The SMILES string of the molecule is N#Cc1ccc(-n2ccc3c(=O)[nH]cnc32)cc1. The summed E-state index contributed by atoms with van der Waals surface area (Å²) in [5.74, 6) is 0. The Morgan fingerprint density at radius 2 is 2.00 bits per heavy atom. The number of H-pyrrole nitrogens is 1. The van der Waals surface area contributed by atoms with E-state index in [0.29, 0.717) is 16.6 Å². The smallest absolute Gasteiger partial charge is 0.260 e. The Labute approximate surface area is 102 Å². The summed E-state index contributed by atoms with van der Waals surface area (Å²) in [6.07, 6.45) is 3.17. The van der Waals surface area contributed by atoms with Gasteiger partial charge in [0.15, 0.2) is 5.65 Å². The number of nitriles is 1. The van der Waals surface area contributed by atoms with Crippen LogP contribution in [0.1, 0.15) is 5.56 Å². The number of nitrogens with one attached hydrogen (secondary N) is 1. The molecule has 1 aromatic carbocycles. The van der Waals surface area contributed by atoms with Crippen molar-refractivity contribution in [2.24, 2.45) is 0 Å². The van der Waals surface area contributed by atoms with Crippen molar-refractivity contribution in [1.82, 2.24) is 14.5 Å². The van der Waals surface area contributed by atoms with Crippen LogP contribution in [0.5, 0.6) is 0 Å². The van der Waals surface area contributed by atoms with E-state index in [1.54, 1.807) is 24.4 Å². The van der Waals surface area contributed by atoms with Crippen molar-refractivity contribution in [3.05, 3.63) is 58.8 Å². The van der Waals surface area contributed by atoms with E-state index >= 15 is 0 Å². The second-order valence-electron chi connectivity index (χ2n) is 3.81. The van der Waals surface area contributed by atoms with Crippen LogP contribution in [-0.4, -0.2) is 14.5 Å². The molecule has 0 spiro atoms. The van der Waals surface area contributed by atoms with Gasteiger partial charge in [0.05, 0.1) is 23.3 Å². The molecular formula is C13H8N4O. The van der Waals surface area contributed by atoms with Crippen LogP contribution in [0.2, 0.25) is 0 Å². The molecule has 3 aromatic rings. The fourth-order valence-electron chi connectivity index (χ4n) is 1.87. The lowest BCUT2D eigenvalue weighted by atomic mass is 10.2. The molecular weight excluding hydrogens is 228 g/mol. The molecule has 2 aromatic heterocycles. The van der Waals surface area contributed by atoms with Crippen LogP contribution in [0.4, 0.5) is 0 Å². The molecule has 0 saturated heterocycles. The number of aromatic nitrogens is 3. The largest absolute Gasteiger partial charge is 0.313 e. The van der Waals surface area contributed by atoms with E-state index in [9.17, 15) is 4.79 Å². The van der Waals surface area contributed by atoms with E-state index in [0.717, 1.165) is 5.69 Å². The number of fused-ring (bicyclic) bond motifs is 1. The molecule has 18 heavy (non-hydrogen) atoms. The Hall–Kier alpha value is -2.87. The van der Waals surface area contributed by atoms with Gasteiger partial charge in [0.2, 0.25) is 0 Å². The summed E-state index contributed by atoms with van der Waals surface area (Å²) < 4.78 is 1.81. The predicted octanol–water partition coefficient (Wildman–Crippen LogP) is 1.59. The number of benzene rings is 1. The lowest BCUT2D eigenvalue weighted by molar-refractivity contribution is 1.07. The lowest BCUT2D eigenvalue weighted by Crippen LogP contribution is -2.06. The van der Waals surface area contributed by atoms with E-state index in [1.165, 1.54) is 6.33 Å². The first kappa shape index (κ1) is 10.3. The molecule has 5 nitrogen and oxygen atoms in total. The van der Waals surface area contributed by atoms with E-state index in [2.05, 4.69) is 16.0 Å². The fourth-order valence-corrected chi connectivity index (χ4v) is 1.87. The molecule has 5 heteroatoms. The first-order valence-corrected chi connectivity index (χ1v) is 5.35. The van der Waals surface area contributed by atoms with E-state index in [-0.39, 0.29) is 5.56 Å². The quantitative estimate of drug-likeness (QED) is 0.697. The minimum absolute atomic E-state index is 0.160. The van der Waals surface area contributed by atoms with Crippen molar-refractivity contribution in [2.45, 2.75) is 0 Å². The van der Waals surface area contributed by atoms with Crippen molar-refractivity contribution >= 4 is 11.0 Å². The van der Waals surface area contributed by atoms with Crippen molar-refractivity contribution in [3.8, 4) is 11.8 Å². The Morgan fingerprint density at radius 3 is 2.72 bits per heavy atom. The lowest BCUT2D eigenvalue weighted by Gasteiger charge is -2.03. The first-order chi connectivity index (χ1) is 8.79. The molecule has 0 aliphatic rings. The van der Waals surface area contributed by atoms with Gasteiger partial charge < -0.3 is 9.55 Å². The fraction of sp³-hybridized carbons (Fsp3) is 0. The third kappa shape index (κ3) is 1.48. The molecule has 2 heterocycles. The Bertz CT molecular complexity index is 805. The second kappa shape index (κ2) is 3.86. The van der Waals surface area contributed by atoms with Gasteiger partial charge in [-0.25, -0.2) is 4.98 Å². The van der Waals surface area contributed by atoms with Gasteiger partial charge in [-0.1, -0.05) is 0 Å². The molecule has 0 bridgehead atoms. The maximum atomic E-state index is 11.6. The van der Waals surface area contributed by atoms with E-state index < -0.39 is 0 Å². The average molecular weight is 236 g/mol. The molecule has 0 radical (unpaired) electrons. The predicted molar refractivity (Wildman–Crippen MR) is 66.4 cm³/mol. The summed E-state index contributed by atoms with van der Waals surface area (Å²) in [5, 5.41) is 9.30. The van der Waals surface area contributed by atoms with Gasteiger partial charge >= 0.3 is 0 Å². The minimum atomic E-state index is -0.160. The van der Waals surface area contributed by atoms with Crippen LogP contribution in [0, 0.1) is 11.3 Å². The maximum absolute atomic E-state index is 11.6. The van der Waals surface area contributed by atoms with Gasteiger partial charge in [0, 0.05) is 11.9 Å². The van der Waals surface area contributed by atoms with Crippen molar-refractivity contribution in [2.75, 3.05) is 0 Å². The van der Waals surface area contributed by atoms with E-state index in [1.807, 2.05) is 16.7 Å². The summed E-state index contributed by atoms with van der Waals surface area (Å²) in [4.78, 5) is 18.3. The highest BCUT2D eigenvalue weighted by atomic mass is 16.1. The third-order valence-corrected chi connectivity index (χ3v) is 2.76. The Kier molecular flexibility index (Phi) is 2.21. The number of hydrogen-bond acceptors (Lipinski definition) is 3. The van der Waals surface area contributed by atoms with Crippen LogP contribution in [-0.2, 0) is 0 Å². The van der Waals surface area contributed by atoms with Crippen LogP contribution in [0.3, 0.4) is 0 Å². The van der Waals surface area contributed by atoms with Gasteiger partial charge in [0.25, 0.3) is 5.56 Å². The Balaban J connectivity index is 2.23. The number of aromatic amines is 1. The Morgan fingerprint density at radius 1 is 1.22 bits per heavy atom. The van der Waals surface area contributed by atoms with Crippen molar-refractivity contribution in [1.29, 1.82) is 5.26 Å². The number of nitrogens with zero attached hydrogens (tertiary/aromatic N) is 3. The minimum Gasteiger partial charge on any atom is -0.313 e. The maximum Gasteiger partial charge on any atom is 0.260 e. The number of rotatable bonds is 1. The molecule has 0 atom stereocenters. The van der Waals surface area contributed by atoms with Gasteiger partial charge in [-0.15, -0.1) is 0 Å². The van der Waals surface area contributed by atoms with Gasteiger partial charge in [0.1, 0.15) is 0 Å². The molecule has 0 amide bonds. The van der Waals surface area contributed by atoms with Gasteiger partial charge in [-0.2, -0.15) is 5.26 Å². The second-order valence-corrected chi connectivity index (χ2v) is 3.81. The van der Waals surface area contributed by atoms with Crippen LogP contribution < -0.4 is 5.56 Å². The third-order valence-electron chi connectivity index (χ3n) is 2.76. The standard InChI is InChI=1S/C13H8N4O/c14-7-9-1-3-10(4-2-9)17-6-5-11-12(17)15-8-16-13(11)18/h1-6,8H,(H,15,16,18). The zero-order valence-corrected chi connectivity index (χ0v) is 9.29.